The van der Waals surface area contributed by atoms with E-state index in [2.05, 4.69) is 31.5 Å². The number of carbonyl (C=O) groups excluding carboxylic acids is 2. The minimum absolute atomic E-state index is 0.0252. The number of nitrogens with one attached hydrogen (secondary N) is 1. The van der Waals surface area contributed by atoms with Crippen molar-refractivity contribution >= 4 is 28.2 Å². The first kappa shape index (κ1) is 53.8. The lowest BCUT2D eigenvalue weighted by molar-refractivity contribution is -0.149. The fraction of sp³-hybridized carbons (Fsp3) is 0.611. The van der Waals surface area contributed by atoms with Gasteiger partial charge in [0.25, 0.3) is 0 Å². The number of Topliss-reactive ketones (excluding diaryl/α,β-unsaturated/α-hetero) is 1. The molecular formula is C54H77F3N4O6. The Hall–Kier alpha value is -4.14. The van der Waals surface area contributed by atoms with Crippen molar-refractivity contribution in [3.63, 3.8) is 0 Å². The molecule has 0 radical (unpaired) electrons. The number of likely N-dealkylation sites (N-methyl/N-ethyl adjacent to an activating group) is 1. The monoisotopic (exact) mass is 935 g/mol. The number of alkyl halides is 3. The highest BCUT2D eigenvalue weighted by Gasteiger charge is 2.35. The normalized spacial score (nSPS) is 18.9. The van der Waals surface area contributed by atoms with Crippen LogP contribution in [0.15, 0.2) is 60.8 Å². The molecule has 2 aromatic heterocycles. The van der Waals surface area contributed by atoms with Crippen LogP contribution in [0.4, 0.5) is 13.2 Å². The van der Waals surface area contributed by atoms with Gasteiger partial charge in [-0.1, -0.05) is 75.6 Å². The van der Waals surface area contributed by atoms with Crippen LogP contribution in [0, 0.1) is 18.3 Å². The molecule has 2 aliphatic rings. The Kier molecular flexibility index (Phi) is 20.0. The fourth-order valence-electron chi connectivity index (χ4n) is 9.39. The molecule has 3 aromatic rings. The molecule has 3 N–H and O–H groups in total. The van der Waals surface area contributed by atoms with Gasteiger partial charge in [0.15, 0.2) is 0 Å². The number of halogens is 3. The number of allylic oxidation sites excluding steroid dienone is 2. The number of hydrogen-bond acceptors (Lipinski definition) is 9. The number of aromatic nitrogens is 2. The number of carbonyl (C=O) groups is 2. The Morgan fingerprint density at radius 1 is 1.10 bits per heavy atom. The predicted molar refractivity (Wildman–Crippen MR) is 262 cm³/mol. The third-order valence-corrected chi connectivity index (χ3v) is 13.4. The van der Waals surface area contributed by atoms with Gasteiger partial charge in [-0.2, -0.15) is 13.2 Å². The van der Waals surface area contributed by atoms with Crippen molar-refractivity contribution in [3.05, 3.63) is 83.2 Å². The number of hydrogen-bond donors (Lipinski definition) is 2. The largest absolute Gasteiger partial charge is 0.464 e. The van der Waals surface area contributed by atoms with Crippen molar-refractivity contribution in [1.82, 2.24) is 14.9 Å². The van der Waals surface area contributed by atoms with Crippen LogP contribution >= 0.6 is 0 Å². The van der Waals surface area contributed by atoms with Crippen LogP contribution in [0.1, 0.15) is 140 Å². The Balaban J connectivity index is 1.36. The summed E-state index contributed by atoms with van der Waals surface area (Å²) in [5, 5.41) is 3.80. The van der Waals surface area contributed by atoms with Crippen molar-refractivity contribution in [2.45, 2.75) is 162 Å². The maximum atomic E-state index is 14.8. The van der Waals surface area contributed by atoms with Gasteiger partial charge in [-0.3, -0.25) is 14.6 Å². The average Bonchev–Trinajstić information content (AvgIpc) is 3.41. The number of esters is 1. The Bertz CT molecular complexity index is 2190. The van der Waals surface area contributed by atoms with Gasteiger partial charge >= 0.3 is 12.1 Å². The number of nitrogens with zero attached hydrogens (tertiary/aromatic N) is 2. The summed E-state index contributed by atoms with van der Waals surface area (Å²) < 4.78 is 69.4. The van der Waals surface area contributed by atoms with E-state index in [4.69, 9.17) is 29.7 Å². The first-order valence-electron chi connectivity index (χ1n) is 24.4. The minimum atomic E-state index is -4.54. The van der Waals surface area contributed by atoms with Crippen LogP contribution in [0.3, 0.4) is 0 Å². The van der Waals surface area contributed by atoms with Crippen molar-refractivity contribution in [3.8, 4) is 11.3 Å². The lowest BCUT2D eigenvalue weighted by atomic mass is 9.83. The first-order valence-corrected chi connectivity index (χ1v) is 24.4. The standard InChI is InChI=1S/C54H77F3N4O6/c1-10-24-65-32-41-27-39(16-14-15-37(41)4)40-28-44(50(60-31-40)38(5)64-9)51-45(43-26-36(3)20-22-48(43)61(51)33-54(55,56)57)30-53(6,7)34-67-52(63)47(59-8)17-12-11-13-18-49(62)46(58)29-42-21-19-35(2)23-25-66-42/h16,20,22,26,28,31,38,41-42,46-47,59H,2,4,10-15,17-19,21,23-25,27,29-30,32-34,58H2,1,3,5-9H3/t38-,41-,42+,46-,47-/m0/s1. The van der Waals surface area contributed by atoms with Gasteiger partial charge in [0, 0.05) is 54.1 Å². The van der Waals surface area contributed by atoms with Gasteiger partial charge in [0.05, 0.1) is 49.5 Å². The molecule has 1 fully saturated rings. The number of aryl methyl sites for hydroxylation is 1. The van der Waals surface area contributed by atoms with E-state index in [0.29, 0.717) is 98.2 Å². The summed E-state index contributed by atoms with van der Waals surface area (Å²) in [6.07, 6.45) is 8.50. The smallest absolute Gasteiger partial charge is 0.406 e. The third-order valence-electron chi connectivity index (χ3n) is 13.4. The molecule has 0 saturated carbocycles. The van der Waals surface area contributed by atoms with Crippen molar-refractivity contribution in [2.24, 2.45) is 17.1 Å². The van der Waals surface area contributed by atoms with E-state index in [9.17, 15) is 22.8 Å². The second-order valence-corrected chi connectivity index (χ2v) is 19.7. The van der Waals surface area contributed by atoms with E-state index >= 15 is 0 Å². The number of ether oxygens (including phenoxy) is 4. The van der Waals surface area contributed by atoms with Gasteiger partial charge in [-0.25, -0.2) is 0 Å². The number of nitrogens with two attached hydrogens (primary N) is 1. The van der Waals surface area contributed by atoms with Crippen LogP contribution in [0.5, 0.6) is 0 Å². The van der Waals surface area contributed by atoms with E-state index in [-0.39, 0.29) is 24.4 Å². The van der Waals surface area contributed by atoms with Crippen molar-refractivity contribution < 1.29 is 41.7 Å². The van der Waals surface area contributed by atoms with Gasteiger partial charge in [-0.05, 0) is 126 Å². The maximum Gasteiger partial charge on any atom is 0.406 e. The average molecular weight is 935 g/mol. The van der Waals surface area contributed by atoms with Crippen molar-refractivity contribution in [2.75, 3.05) is 40.6 Å². The summed E-state index contributed by atoms with van der Waals surface area (Å²) in [5.74, 6) is -0.278. The van der Waals surface area contributed by atoms with Crippen molar-refractivity contribution in [1.29, 1.82) is 0 Å². The second-order valence-electron chi connectivity index (χ2n) is 19.7. The lowest BCUT2D eigenvalue weighted by Gasteiger charge is -2.27. The molecular weight excluding hydrogens is 858 g/mol. The minimum Gasteiger partial charge on any atom is -0.464 e. The summed E-state index contributed by atoms with van der Waals surface area (Å²) in [6, 6.07) is 6.41. The molecule has 10 nitrogen and oxygen atoms in total. The topological polar surface area (TPSA) is 127 Å². The Labute approximate surface area is 397 Å². The highest BCUT2D eigenvalue weighted by atomic mass is 19.4. The first-order chi connectivity index (χ1) is 31.8. The zero-order valence-electron chi connectivity index (χ0n) is 41.3. The summed E-state index contributed by atoms with van der Waals surface area (Å²) in [6.45, 7) is 18.9. The van der Waals surface area contributed by atoms with E-state index in [1.165, 1.54) is 10.1 Å². The van der Waals surface area contributed by atoms with Gasteiger partial charge < -0.3 is 34.6 Å². The molecule has 1 aliphatic heterocycles. The van der Waals surface area contributed by atoms with Crippen LogP contribution < -0.4 is 11.1 Å². The van der Waals surface area contributed by atoms with E-state index in [0.717, 1.165) is 67.2 Å². The fourth-order valence-corrected chi connectivity index (χ4v) is 9.39. The molecule has 5 atom stereocenters. The summed E-state index contributed by atoms with van der Waals surface area (Å²) in [7, 11) is 3.29. The molecule has 1 aliphatic carbocycles. The summed E-state index contributed by atoms with van der Waals surface area (Å²) in [4.78, 5) is 31.4. The molecule has 1 aromatic carbocycles. The number of pyridine rings is 1. The summed E-state index contributed by atoms with van der Waals surface area (Å²) in [5.41, 5.74) is 13.4. The molecule has 1 saturated heterocycles. The molecule has 370 valence electrons. The van der Waals surface area contributed by atoms with E-state index < -0.39 is 42.3 Å². The predicted octanol–water partition coefficient (Wildman–Crippen LogP) is 11.5. The molecule has 13 heteroatoms. The molecule has 0 amide bonds. The number of unbranched alkanes of at least 4 members (excludes halogenated alkanes) is 2. The maximum absolute atomic E-state index is 14.8. The Morgan fingerprint density at radius 3 is 2.60 bits per heavy atom. The summed E-state index contributed by atoms with van der Waals surface area (Å²) >= 11 is 0. The SMILES string of the molecule is C=C1CCO[C@@H](C[C@H](N)C(=O)CCCCC[C@H](NC)C(=O)OCC(C)(C)Cc2c(-c3cc(C4=CCCC(=C)[C@H](COCCC)C4)cnc3[C@H](C)OC)n(CC(F)(F)F)c3ccc(C)cc23)CC1. The highest BCUT2D eigenvalue weighted by Crippen LogP contribution is 2.44. The second kappa shape index (κ2) is 24.9. The molecule has 0 bridgehead atoms. The third kappa shape index (κ3) is 15.4. The molecule has 0 spiro atoms. The number of methoxy groups -OCH3 is 1. The van der Waals surface area contributed by atoms with Gasteiger partial charge in [0.2, 0.25) is 0 Å². The zero-order valence-corrected chi connectivity index (χ0v) is 41.3. The zero-order chi connectivity index (χ0) is 48.9. The molecule has 67 heavy (non-hydrogen) atoms. The quantitative estimate of drug-likeness (QED) is 0.0513. The van der Waals surface area contributed by atoms with Gasteiger partial charge in [0.1, 0.15) is 18.4 Å². The number of ketones is 1. The van der Waals surface area contributed by atoms with Crippen LogP contribution in [0.25, 0.3) is 27.7 Å². The number of benzene rings is 1. The molecule has 3 heterocycles. The van der Waals surface area contributed by atoms with E-state index in [1.54, 1.807) is 20.2 Å². The van der Waals surface area contributed by atoms with Crippen LogP contribution in [-0.2, 0) is 41.5 Å². The molecule has 0 unspecified atom stereocenters. The van der Waals surface area contributed by atoms with Crippen LogP contribution in [0.2, 0.25) is 0 Å². The van der Waals surface area contributed by atoms with E-state index in [1.807, 2.05) is 52.1 Å². The highest BCUT2D eigenvalue weighted by molar-refractivity contribution is 5.93. The lowest BCUT2D eigenvalue weighted by Crippen LogP contribution is -2.37. The molecule has 5 rings (SSSR count). The Morgan fingerprint density at radius 2 is 1.88 bits per heavy atom. The van der Waals surface area contributed by atoms with Crippen LogP contribution in [-0.4, -0.2) is 86.3 Å². The van der Waals surface area contributed by atoms with Gasteiger partial charge in [-0.15, -0.1) is 0 Å². The number of rotatable bonds is 24. The number of fused-ring (bicyclic) bond motifs is 1.